The number of amides is 1. The summed E-state index contributed by atoms with van der Waals surface area (Å²) in [7, 11) is 0. The van der Waals surface area contributed by atoms with E-state index in [1.165, 1.54) is 16.7 Å². The quantitative estimate of drug-likeness (QED) is 0.407. The standard InChI is InChI=1S/C19H17NOS3/c1-12-5-4-6-13(2)17(12)20-18(21)16(24-19(20)22)11-14-7-9-15(23-3)10-8-14/h4-11H,1-3H3/b16-11-. The molecule has 1 amide bonds. The van der Waals surface area contributed by atoms with Crippen molar-refractivity contribution < 1.29 is 4.79 Å². The van der Waals surface area contributed by atoms with Gasteiger partial charge in [-0.25, -0.2) is 0 Å². The van der Waals surface area contributed by atoms with Crippen molar-refractivity contribution in [3.63, 3.8) is 0 Å². The highest BCUT2D eigenvalue weighted by Gasteiger charge is 2.34. The van der Waals surface area contributed by atoms with Crippen LogP contribution in [0.25, 0.3) is 6.08 Å². The lowest BCUT2D eigenvalue weighted by Gasteiger charge is -2.19. The molecule has 2 aromatic rings. The van der Waals surface area contributed by atoms with E-state index >= 15 is 0 Å². The Morgan fingerprint density at radius 2 is 1.71 bits per heavy atom. The molecule has 0 saturated carbocycles. The van der Waals surface area contributed by atoms with E-state index in [-0.39, 0.29) is 5.91 Å². The van der Waals surface area contributed by atoms with Gasteiger partial charge in [-0.3, -0.25) is 9.69 Å². The molecule has 122 valence electrons. The summed E-state index contributed by atoms with van der Waals surface area (Å²) in [5.74, 6) is -0.0451. The van der Waals surface area contributed by atoms with Gasteiger partial charge in [0.2, 0.25) is 0 Å². The number of hydrogen-bond acceptors (Lipinski definition) is 4. The summed E-state index contributed by atoms with van der Waals surface area (Å²) in [6, 6.07) is 14.2. The van der Waals surface area contributed by atoms with E-state index in [0.717, 1.165) is 22.4 Å². The molecule has 1 heterocycles. The first kappa shape index (κ1) is 17.3. The Morgan fingerprint density at radius 3 is 2.29 bits per heavy atom. The van der Waals surface area contributed by atoms with Gasteiger partial charge in [-0.15, -0.1) is 11.8 Å². The highest BCUT2D eigenvalue weighted by atomic mass is 32.2. The van der Waals surface area contributed by atoms with Crippen molar-refractivity contribution >= 4 is 57.7 Å². The van der Waals surface area contributed by atoms with Crippen molar-refractivity contribution in [2.24, 2.45) is 0 Å². The van der Waals surface area contributed by atoms with Crippen molar-refractivity contribution in [3.05, 3.63) is 64.1 Å². The van der Waals surface area contributed by atoms with Crippen LogP contribution in [0.15, 0.2) is 52.3 Å². The van der Waals surface area contributed by atoms with Gasteiger partial charge < -0.3 is 0 Å². The molecule has 1 aliphatic rings. The van der Waals surface area contributed by atoms with Crippen LogP contribution in [0, 0.1) is 13.8 Å². The molecular weight excluding hydrogens is 354 g/mol. The molecule has 1 fully saturated rings. The van der Waals surface area contributed by atoms with Crippen molar-refractivity contribution in [3.8, 4) is 0 Å². The lowest BCUT2D eigenvalue weighted by Crippen LogP contribution is -2.29. The van der Waals surface area contributed by atoms with E-state index in [1.54, 1.807) is 16.7 Å². The molecule has 1 aliphatic heterocycles. The number of hydrogen-bond donors (Lipinski definition) is 0. The third kappa shape index (κ3) is 3.29. The van der Waals surface area contributed by atoms with Gasteiger partial charge in [-0.1, -0.05) is 54.3 Å². The number of anilines is 1. The minimum Gasteiger partial charge on any atom is -0.268 e. The minimum absolute atomic E-state index is 0.0451. The zero-order chi connectivity index (χ0) is 17.3. The molecule has 0 radical (unpaired) electrons. The molecule has 2 aromatic carbocycles. The fourth-order valence-electron chi connectivity index (χ4n) is 2.67. The Balaban J connectivity index is 1.95. The maximum absolute atomic E-state index is 12.9. The average molecular weight is 372 g/mol. The van der Waals surface area contributed by atoms with E-state index in [9.17, 15) is 4.79 Å². The number of benzene rings is 2. The number of thiocarbonyl (C=S) groups is 1. The van der Waals surface area contributed by atoms with E-state index in [2.05, 4.69) is 12.1 Å². The van der Waals surface area contributed by atoms with Crippen LogP contribution in [0.3, 0.4) is 0 Å². The first-order valence-corrected chi connectivity index (χ1v) is 9.94. The third-order valence-corrected chi connectivity index (χ3v) is 5.92. The molecule has 0 spiro atoms. The summed E-state index contributed by atoms with van der Waals surface area (Å²) in [6.45, 7) is 4.01. The smallest absolute Gasteiger partial charge is 0.268 e. The van der Waals surface area contributed by atoms with Crippen LogP contribution in [0.2, 0.25) is 0 Å². The summed E-state index contributed by atoms with van der Waals surface area (Å²) in [6.07, 6.45) is 3.96. The highest BCUT2D eigenvalue weighted by molar-refractivity contribution is 8.27. The first-order chi connectivity index (χ1) is 11.5. The summed E-state index contributed by atoms with van der Waals surface area (Å²) >= 11 is 8.54. The number of thioether (sulfide) groups is 2. The van der Waals surface area contributed by atoms with Crippen molar-refractivity contribution in [2.75, 3.05) is 11.2 Å². The summed E-state index contributed by atoms with van der Waals surface area (Å²) < 4.78 is 0.587. The van der Waals surface area contributed by atoms with Crippen molar-refractivity contribution in [2.45, 2.75) is 18.7 Å². The molecule has 0 aromatic heterocycles. The summed E-state index contributed by atoms with van der Waals surface area (Å²) in [5.41, 5.74) is 4.02. The SMILES string of the molecule is CSc1ccc(/C=C2\SC(=S)N(c3c(C)cccc3C)C2=O)cc1. The zero-order valence-corrected chi connectivity index (χ0v) is 16.1. The lowest BCUT2D eigenvalue weighted by atomic mass is 10.1. The van der Waals surface area contributed by atoms with Crippen LogP contribution >= 0.6 is 35.7 Å². The molecule has 0 unspecified atom stereocenters. The Morgan fingerprint density at radius 1 is 1.08 bits per heavy atom. The van der Waals surface area contributed by atoms with Gasteiger partial charge in [-0.2, -0.15) is 0 Å². The van der Waals surface area contributed by atoms with E-state index in [1.807, 2.05) is 56.5 Å². The van der Waals surface area contributed by atoms with Gasteiger partial charge >= 0.3 is 0 Å². The van der Waals surface area contributed by atoms with Gasteiger partial charge in [0.25, 0.3) is 5.91 Å². The number of rotatable bonds is 3. The molecule has 0 aliphatic carbocycles. The fourth-order valence-corrected chi connectivity index (χ4v) is 4.35. The second-order valence-corrected chi connectivity index (χ2v) is 8.09. The van der Waals surface area contributed by atoms with E-state index in [4.69, 9.17) is 12.2 Å². The molecular formula is C19H17NOS3. The Hall–Kier alpha value is -1.56. The van der Waals surface area contributed by atoms with Crippen LogP contribution < -0.4 is 4.90 Å². The zero-order valence-electron chi connectivity index (χ0n) is 13.7. The largest absolute Gasteiger partial charge is 0.270 e. The van der Waals surface area contributed by atoms with E-state index < -0.39 is 0 Å². The van der Waals surface area contributed by atoms with Crippen LogP contribution in [0.1, 0.15) is 16.7 Å². The van der Waals surface area contributed by atoms with Gasteiger partial charge in [0, 0.05) is 4.90 Å². The van der Waals surface area contributed by atoms with Gasteiger partial charge in [0.15, 0.2) is 4.32 Å². The number of nitrogens with zero attached hydrogens (tertiary/aromatic N) is 1. The molecule has 0 bridgehead atoms. The molecule has 0 N–H and O–H groups in total. The second-order valence-electron chi connectivity index (χ2n) is 5.53. The number of carbonyl (C=O) groups is 1. The molecule has 1 saturated heterocycles. The normalized spacial score (nSPS) is 16.3. The second kappa shape index (κ2) is 7.13. The van der Waals surface area contributed by atoms with Crippen LogP contribution in [-0.2, 0) is 4.79 Å². The Bertz CT molecular complexity index is 820. The molecule has 24 heavy (non-hydrogen) atoms. The molecule has 0 atom stereocenters. The van der Waals surface area contributed by atoms with Crippen LogP contribution in [-0.4, -0.2) is 16.5 Å². The molecule has 2 nitrogen and oxygen atoms in total. The summed E-state index contributed by atoms with van der Waals surface area (Å²) in [5, 5.41) is 0. The first-order valence-electron chi connectivity index (χ1n) is 7.49. The fraction of sp³-hybridized carbons (Fsp3) is 0.158. The van der Waals surface area contributed by atoms with Crippen LogP contribution in [0.4, 0.5) is 5.69 Å². The van der Waals surface area contributed by atoms with Crippen LogP contribution in [0.5, 0.6) is 0 Å². The highest BCUT2D eigenvalue weighted by Crippen LogP contribution is 2.38. The number of carbonyl (C=O) groups excluding carboxylic acids is 1. The van der Waals surface area contributed by atoms with E-state index in [0.29, 0.717) is 9.23 Å². The maximum atomic E-state index is 12.9. The van der Waals surface area contributed by atoms with Gasteiger partial charge in [0.05, 0.1) is 10.6 Å². The maximum Gasteiger partial charge on any atom is 0.270 e. The summed E-state index contributed by atoms with van der Waals surface area (Å²) in [4.78, 5) is 16.4. The number of aryl methyl sites for hydroxylation is 2. The third-order valence-electron chi connectivity index (χ3n) is 3.87. The lowest BCUT2D eigenvalue weighted by molar-refractivity contribution is -0.113. The topological polar surface area (TPSA) is 20.3 Å². The molecule has 3 rings (SSSR count). The van der Waals surface area contributed by atoms with Gasteiger partial charge in [0.1, 0.15) is 0 Å². The molecule has 5 heteroatoms. The van der Waals surface area contributed by atoms with Crippen molar-refractivity contribution in [1.82, 2.24) is 0 Å². The average Bonchev–Trinajstić information content (AvgIpc) is 2.83. The monoisotopic (exact) mass is 371 g/mol. The number of para-hydroxylation sites is 1. The Kier molecular flexibility index (Phi) is 5.13. The van der Waals surface area contributed by atoms with Gasteiger partial charge in [-0.05, 0) is 55.0 Å². The van der Waals surface area contributed by atoms with Crippen molar-refractivity contribution in [1.29, 1.82) is 0 Å². The Labute approximate surface area is 156 Å². The predicted octanol–water partition coefficient (Wildman–Crippen LogP) is 5.43. The predicted molar refractivity (Wildman–Crippen MR) is 110 cm³/mol. The minimum atomic E-state index is -0.0451.